The van der Waals surface area contributed by atoms with Crippen LogP contribution in [0.1, 0.15) is 37.2 Å². The van der Waals surface area contributed by atoms with Crippen LogP contribution in [0.4, 0.5) is 5.69 Å². The van der Waals surface area contributed by atoms with Crippen molar-refractivity contribution in [3.63, 3.8) is 0 Å². The van der Waals surface area contributed by atoms with Crippen molar-refractivity contribution in [1.82, 2.24) is 9.32 Å². The summed E-state index contributed by atoms with van der Waals surface area (Å²) in [6.45, 7) is 3.31. The van der Waals surface area contributed by atoms with Crippen molar-refractivity contribution < 1.29 is 4.79 Å². The van der Waals surface area contributed by atoms with Gasteiger partial charge >= 0.3 is 0 Å². The first-order valence-electron chi connectivity index (χ1n) is 11.1. The lowest BCUT2D eigenvalue weighted by molar-refractivity contribution is -0.119. The number of nitrogens with zero attached hydrogens (tertiary/aromatic N) is 4. The quantitative estimate of drug-likeness (QED) is 0.711. The van der Waals surface area contributed by atoms with Gasteiger partial charge in [0.15, 0.2) is 0 Å². The van der Waals surface area contributed by atoms with Crippen LogP contribution in [-0.2, 0) is 4.79 Å². The number of carbonyl (C=O) groups is 1. The molecule has 0 saturated carbocycles. The van der Waals surface area contributed by atoms with Crippen molar-refractivity contribution in [2.45, 2.75) is 31.6 Å². The molecule has 0 aromatic heterocycles. The molecule has 4 aliphatic rings. The van der Waals surface area contributed by atoms with E-state index < -0.39 is 5.41 Å². The van der Waals surface area contributed by atoms with E-state index in [1.165, 1.54) is 18.4 Å². The monoisotopic (exact) mass is 437 g/mol. The number of guanidine groups is 1. The van der Waals surface area contributed by atoms with E-state index in [2.05, 4.69) is 41.5 Å². The molecule has 162 valence electrons. The predicted octanol–water partition coefficient (Wildman–Crippen LogP) is 3.98. The van der Waals surface area contributed by atoms with E-state index in [1.54, 1.807) is 4.42 Å². The number of aliphatic imine (C=N–C) groups is 2. The number of allylic oxidation sites excluding steroid dienone is 3. The summed E-state index contributed by atoms with van der Waals surface area (Å²) in [5.74, 6) is 1.42. The van der Waals surface area contributed by atoms with Gasteiger partial charge in [-0.15, -0.1) is 0 Å². The molecular weight excluding hydrogens is 410 g/mol. The van der Waals surface area contributed by atoms with E-state index in [9.17, 15) is 4.79 Å². The molecule has 1 N–H and O–H groups in total. The molecule has 6 nitrogen and oxygen atoms in total. The number of benzene rings is 1. The van der Waals surface area contributed by atoms with Crippen molar-refractivity contribution >= 4 is 34.9 Å². The summed E-state index contributed by atoms with van der Waals surface area (Å²) in [7, 11) is 2.19. The number of rotatable bonds is 2. The van der Waals surface area contributed by atoms with Crippen molar-refractivity contribution in [2.75, 3.05) is 38.5 Å². The first-order valence-corrected chi connectivity index (χ1v) is 11.4. The van der Waals surface area contributed by atoms with E-state index in [0.29, 0.717) is 37.8 Å². The van der Waals surface area contributed by atoms with Gasteiger partial charge in [-0.25, -0.2) is 9.98 Å². The van der Waals surface area contributed by atoms with E-state index in [4.69, 9.17) is 21.8 Å². The molecule has 31 heavy (non-hydrogen) atoms. The molecule has 1 atom stereocenters. The number of hydrogen-bond acceptors (Lipinski definition) is 6. The molecule has 3 heterocycles. The summed E-state index contributed by atoms with van der Waals surface area (Å²) in [6, 6.07) is 8.65. The maximum absolute atomic E-state index is 12.4. The zero-order valence-electron chi connectivity index (χ0n) is 17.9. The van der Waals surface area contributed by atoms with Crippen LogP contribution in [0.3, 0.4) is 0 Å². The zero-order valence-corrected chi connectivity index (χ0v) is 18.6. The molecule has 7 heteroatoms. The minimum atomic E-state index is -0.548. The largest absolute Gasteiger partial charge is 0.324 e. The number of likely N-dealkylation sites (tertiary alicyclic amines) is 1. The van der Waals surface area contributed by atoms with Gasteiger partial charge in [0.1, 0.15) is 5.78 Å². The minimum Gasteiger partial charge on any atom is -0.324 e. The van der Waals surface area contributed by atoms with E-state index in [-0.39, 0.29) is 5.78 Å². The fourth-order valence-electron chi connectivity index (χ4n) is 5.04. The molecule has 0 amide bonds. The number of nitrogens with one attached hydrogen (secondary N) is 1. The third-order valence-electron chi connectivity index (χ3n) is 6.92. The Labute approximate surface area is 188 Å². The Morgan fingerprint density at radius 3 is 2.71 bits per heavy atom. The number of piperidine rings is 1. The summed E-state index contributed by atoms with van der Waals surface area (Å²) in [5, 5.41) is 3.35. The molecule has 5 rings (SSSR count). The van der Waals surface area contributed by atoms with Gasteiger partial charge in [-0.3, -0.25) is 9.21 Å². The second kappa shape index (κ2) is 8.24. The van der Waals surface area contributed by atoms with Crippen LogP contribution >= 0.6 is 11.8 Å². The van der Waals surface area contributed by atoms with E-state index >= 15 is 0 Å². The van der Waals surface area contributed by atoms with Crippen LogP contribution in [0.5, 0.6) is 0 Å². The van der Waals surface area contributed by atoms with Crippen molar-refractivity contribution in [3.05, 3.63) is 53.8 Å². The Morgan fingerprint density at radius 2 is 1.94 bits per heavy atom. The van der Waals surface area contributed by atoms with Crippen LogP contribution in [0.15, 0.2) is 58.2 Å². The third-order valence-corrected chi connectivity index (χ3v) is 7.27. The van der Waals surface area contributed by atoms with Gasteiger partial charge in [-0.1, -0.05) is 18.2 Å². The maximum Gasteiger partial charge on any atom is 0.222 e. The average Bonchev–Trinajstić information content (AvgIpc) is 2.90. The Bertz CT molecular complexity index is 988. The lowest BCUT2D eigenvalue weighted by Gasteiger charge is -2.39. The Balaban J connectivity index is 1.32. The smallest absolute Gasteiger partial charge is 0.222 e. The molecule has 0 bridgehead atoms. The first-order chi connectivity index (χ1) is 15.0. The second-order valence-electron chi connectivity index (χ2n) is 9.01. The highest BCUT2D eigenvalue weighted by molar-refractivity contribution is 6.18. The molecule has 1 unspecified atom stereocenters. The highest BCUT2D eigenvalue weighted by Gasteiger charge is 2.47. The number of halogens is 1. The molecular formula is C24H28ClN5O. The fraction of sp³-hybridized carbons (Fsp3) is 0.458. The molecule has 2 fully saturated rings. The normalized spacial score (nSPS) is 27.0. The number of hydrogen-bond donors (Lipinski definition) is 1. The molecule has 1 aliphatic carbocycles. The van der Waals surface area contributed by atoms with E-state index in [0.717, 1.165) is 30.2 Å². The summed E-state index contributed by atoms with van der Waals surface area (Å²) in [5.41, 5.74) is 3.60. The minimum absolute atomic E-state index is 0.202. The topological polar surface area (TPSA) is 60.3 Å². The number of anilines is 1. The Kier molecular flexibility index (Phi) is 5.44. The van der Waals surface area contributed by atoms with Crippen molar-refractivity contribution in [1.29, 1.82) is 0 Å². The van der Waals surface area contributed by atoms with Gasteiger partial charge in [-0.05, 0) is 68.7 Å². The van der Waals surface area contributed by atoms with Crippen LogP contribution in [0.2, 0.25) is 0 Å². The average molecular weight is 438 g/mol. The molecule has 3 aliphatic heterocycles. The second-order valence-corrected chi connectivity index (χ2v) is 9.41. The molecule has 1 aromatic carbocycles. The molecule has 1 aromatic rings. The van der Waals surface area contributed by atoms with Crippen LogP contribution < -0.4 is 5.32 Å². The number of ketones is 1. The van der Waals surface area contributed by atoms with Crippen LogP contribution in [-0.4, -0.2) is 60.0 Å². The predicted molar refractivity (Wildman–Crippen MR) is 126 cm³/mol. The lowest BCUT2D eigenvalue weighted by atomic mass is 9.72. The fourth-order valence-corrected chi connectivity index (χ4v) is 5.34. The number of carbonyl (C=O) groups excluding carboxylic acids is 1. The summed E-state index contributed by atoms with van der Waals surface area (Å²) < 4.78 is 1.67. The highest BCUT2D eigenvalue weighted by atomic mass is 35.5. The molecule has 1 spiro atoms. The Morgan fingerprint density at radius 1 is 1.16 bits per heavy atom. The lowest BCUT2D eigenvalue weighted by Crippen LogP contribution is -2.44. The highest BCUT2D eigenvalue weighted by Crippen LogP contribution is 2.43. The zero-order chi connectivity index (χ0) is 21.4. The van der Waals surface area contributed by atoms with Crippen LogP contribution in [0.25, 0.3) is 0 Å². The molecule has 0 radical (unpaired) electrons. The van der Waals surface area contributed by atoms with Gasteiger partial charge in [0.25, 0.3) is 0 Å². The van der Waals surface area contributed by atoms with Gasteiger partial charge in [-0.2, -0.15) is 0 Å². The number of Topliss-reactive ketones (excluding diaryl/α,β-unsaturated/α-hetero) is 1. The van der Waals surface area contributed by atoms with Gasteiger partial charge < -0.3 is 10.2 Å². The standard InChI is InChI=1S/C24H28ClN5O/c1-29-12-9-18(10-13-29)17-5-7-19(8-6-17)27-23-26-16-24-15-20(31)11-14-30(25)22(24)4-2-3-21(24)28-23/h2-8,18H,9-16H2,1H3,(H,26,27). The SMILES string of the molecule is CN1CCC(c2ccc(NC3=NCC45CC(=O)CCN(Cl)C4=CC=CC5=N3)cc2)CC1. The summed E-state index contributed by atoms with van der Waals surface area (Å²) >= 11 is 6.48. The summed E-state index contributed by atoms with van der Waals surface area (Å²) in [6.07, 6.45) is 9.19. The van der Waals surface area contributed by atoms with Gasteiger partial charge in [0.2, 0.25) is 5.96 Å². The Hall–Kier alpha value is -2.44. The third kappa shape index (κ3) is 3.94. The first kappa shape index (κ1) is 20.5. The van der Waals surface area contributed by atoms with Crippen molar-refractivity contribution in [2.24, 2.45) is 15.4 Å². The van der Waals surface area contributed by atoms with Gasteiger partial charge in [0.05, 0.1) is 17.7 Å². The maximum atomic E-state index is 12.4. The van der Waals surface area contributed by atoms with Gasteiger partial charge in [0, 0.05) is 42.5 Å². The molecule has 2 saturated heterocycles. The van der Waals surface area contributed by atoms with Crippen LogP contribution in [0, 0.1) is 5.41 Å². The summed E-state index contributed by atoms with van der Waals surface area (Å²) in [4.78, 5) is 24.3. The van der Waals surface area contributed by atoms with E-state index in [1.807, 2.05) is 18.2 Å². The van der Waals surface area contributed by atoms with Crippen molar-refractivity contribution in [3.8, 4) is 0 Å².